The van der Waals surface area contributed by atoms with Crippen LogP contribution < -0.4 is 5.32 Å². The van der Waals surface area contributed by atoms with Crippen molar-refractivity contribution in [3.05, 3.63) is 48.6 Å². The molecule has 0 aromatic carbocycles. The molecule has 0 aromatic heterocycles. The highest BCUT2D eigenvalue weighted by molar-refractivity contribution is 7.47. The van der Waals surface area contributed by atoms with Gasteiger partial charge in [-0.25, -0.2) is 9.36 Å². The van der Waals surface area contributed by atoms with Gasteiger partial charge < -0.3 is 25.2 Å². The van der Waals surface area contributed by atoms with E-state index in [1.165, 1.54) is 38.5 Å². The minimum absolute atomic E-state index is 0.209. The third-order valence-corrected chi connectivity index (χ3v) is 7.61. The third kappa shape index (κ3) is 30.1. The lowest BCUT2D eigenvalue weighted by molar-refractivity contribution is -0.147. The number of aliphatic carboxylic acids is 1. The van der Waals surface area contributed by atoms with Crippen LogP contribution in [0.1, 0.15) is 117 Å². The van der Waals surface area contributed by atoms with Gasteiger partial charge >= 0.3 is 19.8 Å². The van der Waals surface area contributed by atoms with E-state index in [4.69, 9.17) is 9.84 Å². The SMILES string of the molecule is CCCCC/C=C\C/C=C\C/C=C\C/C=C\CCCCCCCCCC(=O)OCC(O)COP(=O)(O)OCC(NC(C)=O)C(=O)O. The van der Waals surface area contributed by atoms with Gasteiger partial charge in [-0.1, -0.05) is 100 Å². The van der Waals surface area contributed by atoms with Gasteiger partial charge in [-0.05, 0) is 51.4 Å². The Morgan fingerprint density at radius 3 is 1.72 bits per heavy atom. The molecule has 1 amide bonds. The first-order valence-electron chi connectivity index (χ1n) is 16.6. The molecule has 11 nitrogen and oxygen atoms in total. The second kappa shape index (κ2) is 29.8. The Balaban J connectivity index is 3.70. The maximum absolute atomic E-state index is 11.9. The number of amides is 1. The summed E-state index contributed by atoms with van der Waals surface area (Å²) in [5, 5.41) is 20.9. The van der Waals surface area contributed by atoms with Crippen LogP contribution in [0, 0.1) is 0 Å². The van der Waals surface area contributed by atoms with E-state index in [0.29, 0.717) is 6.42 Å². The number of carboxylic acids is 1. The number of hydrogen-bond donors (Lipinski definition) is 4. The number of aliphatic hydroxyl groups excluding tert-OH is 1. The van der Waals surface area contributed by atoms with Crippen LogP contribution in [-0.2, 0) is 32.7 Å². The molecular weight excluding hydrogens is 613 g/mol. The highest BCUT2D eigenvalue weighted by Gasteiger charge is 2.28. The monoisotopic (exact) mass is 671 g/mol. The number of carbonyl (C=O) groups excluding carboxylic acids is 2. The minimum Gasteiger partial charge on any atom is -0.480 e. The summed E-state index contributed by atoms with van der Waals surface area (Å²) in [5.41, 5.74) is 0. The first kappa shape index (κ1) is 43.4. The van der Waals surface area contributed by atoms with E-state index in [-0.39, 0.29) is 6.42 Å². The van der Waals surface area contributed by atoms with E-state index in [0.717, 1.165) is 58.3 Å². The second-order valence-electron chi connectivity index (χ2n) is 11.1. The fourth-order valence-electron chi connectivity index (χ4n) is 4.09. The molecule has 0 spiro atoms. The van der Waals surface area contributed by atoms with Crippen LogP contribution in [0.25, 0.3) is 0 Å². The summed E-state index contributed by atoms with van der Waals surface area (Å²) >= 11 is 0. The van der Waals surface area contributed by atoms with Crippen LogP contribution in [0.3, 0.4) is 0 Å². The van der Waals surface area contributed by atoms with Crippen molar-refractivity contribution in [1.29, 1.82) is 0 Å². The zero-order chi connectivity index (χ0) is 34.3. The third-order valence-electron chi connectivity index (χ3n) is 6.66. The highest BCUT2D eigenvalue weighted by Crippen LogP contribution is 2.43. The molecule has 4 N–H and O–H groups in total. The molecular formula is C34H58NO10P. The van der Waals surface area contributed by atoms with Crippen molar-refractivity contribution in [3.63, 3.8) is 0 Å². The number of ether oxygens (including phenoxy) is 1. The Hall–Kier alpha value is -2.56. The van der Waals surface area contributed by atoms with E-state index >= 15 is 0 Å². The first-order chi connectivity index (χ1) is 22.1. The smallest absolute Gasteiger partial charge is 0.472 e. The normalized spacial score (nSPS) is 14.7. The Bertz CT molecular complexity index is 979. The summed E-state index contributed by atoms with van der Waals surface area (Å²) in [6.45, 7) is 1.38. The van der Waals surface area contributed by atoms with E-state index in [9.17, 15) is 28.9 Å². The lowest BCUT2D eigenvalue weighted by Crippen LogP contribution is -2.42. The lowest BCUT2D eigenvalue weighted by Gasteiger charge is -2.18. The second-order valence-corrected chi connectivity index (χ2v) is 12.5. The molecule has 0 radical (unpaired) electrons. The van der Waals surface area contributed by atoms with Crippen LogP contribution in [0.15, 0.2) is 48.6 Å². The summed E-state index contributed by atoms with van der Waals surface area (Å²) in [5.74, 6) is -2.61. The summed E-state index contributed by atoms with van der Waals surface area (Å²) < 4.78 is 26.0. The molecule has 0 heterocycles. The number of nitrogens with one attached hydrogen (secondary N) is 1. The predicted octanol–water partition coefficient (Wildman–Crippen LogP) is 7.10. The highest BCUT2D eigenvalue weighted by atomic mass is 31.2. The lowest BCUT2D eigenvalue weighted by atomic mass is 10.1. The Morgan fingerprint density at radius 2 is 1.20 bits per heavy atom. The van der Waals surface area contributed by atoms with Crippen molar-refractivity contribution < 1.29 is 47.8 Å². The zero-order valence-electron chi connectivity index (χ0n) is 27.9. The fraction of sp³-hybridized carbons (Fsp3) is 0.676. The average molecular weight is 672 g/mol. The fourth-order valence-corrected chi connectivity index (χ4v) is 4.86. The van der Waals surface area contributed by atoms with Gasteiger partial charge in [0, 0.05) is 13.3 Å². The molecule has 12 heteroatoms. The molecule has 0 aromatic rings. The quantitative estimate of drug-likeness (QED) is 0.0267. The van der Waals surface area contributed by atoms with Crippen LogP contribution in [0.2, 0.25) is 0 Å². The molecule has 0 aliphatic carbocycles. The summed E-state index contributed by atoms with van der Waals surface area (Å²) in [6, 6.07) is -1.55. The zero-order valence-corrected chi connectivity index (χ0v) is 28.7. The topological polar surface area (TPSA) is 169 Å². The summed E-state index contributed by atoms with van der Waals surface area (Å²) in [6.07, 6.45) is 33.1. The van der Waals surface area contributed by atoms with Crippen molar-refractivity contribution in [3.8, 4) is 0 Å². The molecule has 0 fully saturated rings. The Morgan fingerprint density at radius 1 is 0.717 bits per heavy atom. The van der Waals surface area contributed by atoms with E-state index in [1.54, 1.807) is 0 Å². The standard InChI is InChI=1S/C34H58NO10P/c1-3-4-5-6-7-8-9-10-11-12-13-14-15-16-17-18-19-20-21-22-23-24-25-26-33(38)43-27-31(37)28-44-46(41,42)45-29-32(34(39)40)35-30(2)36/h7-8,10-11,13-14,16-17,31-32,37H,3-6,9,12,15,18-29H2,1-2H3,(H,35,36)(H,39,40)(H,41,42)/b8-7-,11-10-,14-13-,17-16-. The molecule has 0 aliphatic heterocycles. The molecule has 3 unspecified atom stereocenters. The van der Waals surface area contributed by atoms with Gasteiger partial charge in [0.1, 0.15) is 12.7 Å². The van der Waals surface area contributed by atoms with E-state index in [2.05, 4.69) is 64.6 Å². The molecule has 0 aliphatic rings. The van der Waals surface area contributed by atoms with Gasteiger partial charge in [0.25, 0.3) is 0 Å². The van der Waals surface area contributed by atoms with E-state index < -0.39 is 57.6 Å². The van der Waals surface area contributed by atoms with Gasteiger partial charge in [-0.15, -0.1) is 0 Å². The van der Waals surface area contributed by atoms with Crippen LogP contribution in [0.4, 0.5) is 0 Å². The van der Waals surface area contributed by atoms with Gasteiger partial charge in [0.05, 0.1) is 13.2 Å². The number of hydrogen-bond acceptors (Lipinski definition) is 8. The molecule has 3 atom stereocenters. The summed E-state index contributed by atoms with van der Waals surface area (Å²) in [7, 11) is -4.71. The Labute approximate surface area is 275 Å². The van der Waals surface area contributed by atoms with Gasteiger partial charge in [-0.2, -0.15) is 0 Å². The largest absolute Gasteiger partial charge is 0.480 e. The maximum Gasteiger partial charge on any atom is 0.472 e. The van der Waals surface area contributed by atoms with Crippen molar-refractivity contribution in [2.75, 3.05) is 19.8 Å². The van der Waals surface area contributed by atoms with Crippen LogP contribution in [0.5, 0.6) is 0 Å². The van der Waals surface area contributed by atoms with Crippen molar-refractivity contribution in [2.24, 2.45) is 0 Å². The van der Waals surface area contributed by atoms with Crippen LogP contribution in [-0.4, -0.2) is 64.9 Å². The molecule has 264 valence electrons. The first-order valence-corrected chi connectivity index (χ1v) is 18.1. The molecule has 0 saturated carbocycles. The average Bonchev–Trinajstić information content (AvgIpc) is 3.01. The van der Waals surface area contributed by atoms with Crippen molar-refractivity contribution in [2.45, 2.75) is 129 Å². The molecule has 46 heavy (non-hydrogen) atoms. The van der Waals surface area contributed by atoms with Crippen molar-refractivity contribution >= 4 is 25.7 Å². The number of phosphoric ester groups is 1. The maximum atomic E-state index is 11.9. The predicted molar refractivity (Wildman–Crippen MR) is 180 cm³/mol. The Kier molecular flexibility index (Phi) is 28.2. The number of aliphatic hydroxyl groups is 1. The number of carbonyl (C=O) groups is 3. The van der Waals surface area contributed by atoms with E-state index in [1.807, 2.05) is 5.32 Å². The number of carboxylic acid groups (broad SMARTS) is 1. The van der Waals surface area contributed by atoms with Gasteiger partial charge in [-0.3, -0.25) is 18.6 Å². The van der Waals surface area contributed by atoms with Gasteiger partial charge in [0.15, 0.2) is 6.04 Å². The number of rotatable bonds is 30. The van der Waals surface area contributed by atoms with Gasteiger partial charge in [0.2, 0.25) is 5.91 Å². The number of unbranched alkanes of at least 4 members (excludes halogenated alkanes) is 10. The summed E-state index contributed by atoms with van der Waals surface area (Å²) in [4.78, 5) is 43.5. The molecule has 0 rings (SSSR count). The number of phosphoric acid groups is 1. The van der Waals surface area contributed by atoms with Crippen LogP contribution >= 0.6 is 7.82 Å². The molecule has 0 saturated heterocycles. The molecule has 0 bridgehead atoms. The van der Waals surface area contributed by atoms with Crippen molar-refractivity contribution in [1.82, 2.24) is 5.32 Å². The number of esters is 1. The number of allylic oxidation sites excluding steroid dienone is 8. The minimum atomic E-state index is -4.71.